The number of hydrogen-bond acceptors (Lipinski definition) is 5. The molecule has 0 saturated carbocycles. The monoisotopic (exact) mass is 380 g/mol. The Hall–Kier alpha value is -3.92. The molecular weight excluding hydrogens is 363 g/mol. The summed E-state index contributed by atoms with van der Waals surface area (Å²) in [4.78, 5) is 24.1. The third-order valence-electron chi connectivity index (χ3n) is 3.53. The van der Waals surface area contributed by atoms with Crippen LogP contribution in [-0.2, 0) is 4.79 Å². The van der Waals surface area contributed by atoms with Gasteiger partial charge in [0.1, 0.15) is 17.5 Å². The molecule has 0 saturated heterocycles. The molecule has 28 heavy (non-hydrogen) atoms. The number of ether oxygens (including phenoxy) is 2. The minimum atomic E-state index is -0.748. The van der Waals surface area contributed by atoms with Crippen LogP contribution in [0.25, 0.3) is 6.08 Å². The van der Waals surface area contributed by atoms with Gasteiger partial charge in [-0.2, -0.15) is 5.26 Å². The normalized spacial score (nSPS) is 10.5. The SMILES string of the molecule is C=CCNC(=O)/C(C#N)=C/c1ccc(OC(=O)c2cccc(F)c2)c(OC)c1. The fourth-order valence-electron chi connectivity index (χ4n) is 2.21. The quantitative estimate of drug-likeness (QED) is 0.262. The van der Waals surface area contributed by atoms with Gasteiger partial charge in [0.2, 0.25) is 0 Å². The average Bonchev–Trinajstić information content (AvgIpc) is 2.70. The summed E-state index contributed by atoms with van der Waals surface area (Å²) in [6.07, 6.45) is 2.87. The van der Waals surface area contributed by atoms with Gasteiger partial charge in [-0.3, -0.25) is 4.79 Å². The number of rotatable bonds is 7. The van der Waals surface area contributed by atoms with E-state index in [-0.39, 0.29) is 29.2 Å². The van der Waals surface area contributed by atoms with Gasteiger partial charge in [-0.25, -0.2) is 9.18 Å². The first kappa shape index (κ1) is 20.4. The molecule has 0 heterocycles. The maximum absolute atomic E-state index is 13.3. The minimum Gasteiger partial charge on any atom is -0.493 e. The first-order valence-electron chi connectivity index (χ1n) is 8.15. The number of carbonyl (C=O) groups is 2. The standard InChI is InChI=1S/C21H17FN2O4/c1-3-9-24-20(25)16(13-23)10-14-7-8-18(19(11-14)27-2)28-21(26)15-5-4-6-17(22)12-15/h3-8,10-12H,1,9H2,2H3,(H,24,25)/b16-10+. The van der Waals surface area contributed by atoms with Crippen LogP contribution in [0.15, 0.2) is 60.7 Å². The Morgan fingerprint density at radius 1 is 1.25 bits per heavy atom. The topological polar surface area (TPSA) is 88.4 Å². The van der Waals surface area contributed by atoms with Crippen LogP contribution >= 0.6 is 0 Å². The van der Waals surface area contributed by atoms with E-state index in [0.717, 1.165) is 6.07 Å². The second-order valence-electron chi connectivity index (χ2n) is 5.48. The number of nitrogens with one attached hydrogen (secondary N) is 1. The van der Waals surface area contributed by atoms with Crippen molar-refractivity contribution < 1.29 is 23.5 Å². The summed E-state index contributed by atoms with van der Waals surface area (Å²) in [7, 11) is 1.38. The van der Waals surface area contributed by atoms with Gasteiger partial charge in [0.05, 0.1) is 12.7 Å². The number of methoxy groups -OCH3 is 1. The summed E-state index contributed by atoms with van der Waals surface area (Å²) in [6, 6.07) is 11.4. The van der Waals surface area contributed by atoms with Gasteiger partial charge in [0, 0.05) is 6.54 Å². The summed E-state index contributed by atoms with van der Waals surface area (Å²) < 4.78 is 23.7. The summed E-state index contributed by atoms with van der Waals surface area (Å²) in [5.74, 6) is -1.52. The van der Waals surface area contributed by atoms with Gasteiger partial charge in [-0.1, -0.05) is 18.2 Å². The van der Waals surface area contributed by atoms with Crippen molar-refractivity contribution in [2.24, 2.45) is 0 Å². The zero-order valence-electron chi connectivity index (χ0n) is 15.1. The Balaban J connectivity index is 2.25. The van der Waals surface area contributed by atoms with Crippen molar-refractivity contribution in [2.75, 3.05) is 13.7 Å². The zero-order valence-corrected chi connectivity index (χ0v) is 15.1. The fourth-order valence-corrected chi connectivity index (χ4v) is 2.21. The number of nitrogens with zero attached hydrogens (tertiary/aromatic N) is 1. The molecule has 0 aliphatic carbocycles. The number of amides is 1. The predicted molar refractivity (Wildman–Crippen MR) is 101 cm³/mol. The Morgan fingerprint density at radius 2 is 2.04 bits per heavy atom. The van der Waals surface area contributed by atoms with E-state index in [9.17, 15) is 14.0 Å². The first-order valence-corrected chi connectivity index (χ1v) is 8.15. The van der Waals surface area contributed by atoms with E-state index in [1.54, 1.807) is 6.07 Å². The van der Waals surface area contributed by atoms with Crippen LogP contribution in [0.5, 0.6) is 11.5 Å². The smallest absolute Gasteiger partial charge is 0.343 e. The lowest BCUT2D eigenvalue weighted by molar-refractivity contribution is -0.116. The van der Waals surface area contributed by atoms with Gasteiger partial charge < -0.3 is 14.8 Å². The van der Waals surface area contributed by atoms with E-state index in [4.69, 9.17) is 14.7 Å². The summed E-state index contributed by atoms with van der Waals surface area (Å²) in [5, 5.41) is 11.7. The minimum absolute atomic E-state index is 0.0525. The van der Waals surface area contributed by atoms with E-state index in [2.05, 4.69) is 11.9 Å². The van der Waals surface area contributed by atoms with Gasteiger partial charge >= 0.3 is 5.97 Å². The van der Waals surface area contributed by atoms with Gasteiger partial charge in [-0.15, -0.1) is 6.58 Å². The third kappa shape index (κ3) is 5.29. The molecule has 142 valence electrons. The van der Waals surface area contributed by atoms with Crippen molar-refractivity contribution in [2.45, 2.75) is 0 Å². The number of benzene rings is 2. The summed E-state index contributed by atoms with van der Waals surface area (Å²) in [6.45, 7) is 3.72. The van der Waals surface area contributed by atoms with E-state index in [0.29, 0.717) is 5.56 Å². The Bertz CT molecular complexity index is 977. The van der Waals surface area contributed by atoms with Gasteiger partial charge in [-0.05, 0) is 42.0 Å². The molecule has 0 radical (unpaired) electrons. The molecule has 7 heteroatoms. The lowest BCUT2D eigenvalue weighted by Gasteiger charge is -2.10. The molecule has 2 rings (SSSR count). The Morgan fingerprint density at radius 3 is 2.68 bits per heavy atom. The molecule has 6 nitrogen and oxygen atoms in total. The van der Waals surface area contributed by atoms with Crippen LogP contribution in [0.4, 0.5) is 4.39 Å². The highest BCUT2D eigenvalue weighted by molar-refractivity contribution is 6.01. The van der Waals surface area contributed by atoms with E-state index >= 15 is 0 Å². The van der Waals surface area contributed by atoms with E-state index < -0.39 is 17.7 Å². The molecule has 1 N–H and O–H groups in total. The largest absolute Gasteiger partial charge is 0.493 e. The van der Waals surface area contributed by atoms with Crippen LogP contribution in [0.2, 0.25) is 0 Å². The van der Waals surface area contributed by atoms with Crippen LogP contribution in [0.1, 0.15) is 15.9 Å². The van der Waals surface area contributed by atoms with Crippen LogP contribution in [0.3, 0.4) is 0 Å². The first-order chi connectivity index (χ1) is 13.5. The maximum Gasteiger partial charge on any atom is 0.343 e. The lowest BCUT2D eigenvalue weighted by atomic mass is 10.1. The van der Waals surface area contributed by atoms with Crippen molar-refractivity contribution in [3.05, 3.63) is 77.6 Å². The number of halogens is 1. The van der Waals surface area contributed by atoms with Crippen molar-refractivity contribution in [3.8, 4) is 17.6 Å². The van der Waals surface area contributed by atoms with E-state index in [1.165, 1.54) is 49.6 Å². The molecule has 0 aromatic heterocycles. The molecule has 1 amide bonds. The molecule has 0 spiro atoms. The van der Waals surface area contributed by atoms with Crippen molar-refractivity contribution in [1.29, 1.82) is 5.26 Å². The maximum atomic E-state index is 13.3. The number of esters is 1. The van der Waals surface area contributed by atoms with Gasteiger partial charge in [0.25, 0.3) is 5.91 Å². The number of hydrogen-bond donors (Lipinski definition) is 1. The molecule has 2 aromatic carbocycles. The molecular formula is C21H17FN2O4. The summed E-state index contributed by atoms with van der Waals surface area (Å²) in [5.41, 5.74) is 0.442. The molecule has 0 aliphatic heterocycles. The average molecular weight is 380 g/mol. The lowest BCUT2D eigenvalue weighted by Crippen LogP contribution is -2.24. The second kappa shape index (κ2) is 9.69. The molecule has 0 bridgehead atoms. The molecule has 2 aromatic rings. The highest BCUT2D eigenvalue weighted by Crippen LogP contribution is 2.29. The fraction of sp³-hybridized carbons (Fsp3) is 0.0952. The van der Waals surface area contributed by atoms with E-state index in [1.807, 2.05) is 6.07 Å². The third-order valence-corrected chi connectivity index (χ3v) is 3.53. The number of carbonyl (C=O) groups excluding carboxylic acids is 2. The molecule has 0 aliphatic rings. The highest BCUT2D eigenvalue weighted by Gasteiger charge is 2.14. The second-order valence-corrected chi connectivity index (χ2v) is 5.48. The summed E-state index contributed by atoms with van der Waals surface area (Å²) >= 11 is 0. The predicted octanol–water partition coefficient (Wildman–Crippen LogP) is 3.26. The van der Waals surface area contributed by atoms with Gasteiger partial charge in [0.15, 0.2) is 11.5 Å². The highest BCUT2D eigenvalue weighted by atomic mass is 19.1. The van der Waals surface area contributed by atoms with Crippen LogP contribution in [-0.4, -0.2) is 25.5 Å². The van der Waals surface area contributed by atoms with Crippen LogP contribution < -0.4 is 14.8 Å². The number of nitriles is 1. The van der Waals surface area contributed by atoms with Crippen molar-refractivity contribution >= 4 is 18.0 Å². The Kier molecular flexibility index (Phi) is 7.06. The van der Waals surface area contributed by atoms with Crippen molar-refractivity contribution in [3.63, 3.8) is 0 Å². The molecule has 0 unspecified atom stereocenters. The molecule has 0 atom stereocenters. The van der Waals surface area contributed by atoms with Crippen molar-refractivity contribution in [1.82, 2.24) is 5.32 Å². The zero-order chi connectivity index (χ0) is 20.5. The Labute approximate surface area is 161 Å². The van der Waals surface area contributed by atoms with Crippen LogP contribution in [0, 0.1) is 17.1 Å². The molecule has 0 fully saturated rings.